The number of piperazine rings is 1. The minimum absolute atomic E-state index is 0.109. The molecule has 1 fully saturated rings. The second-order valence-corrected chi connectivity index (χ2v) is 6.49. The first-order chi connectivity index (χ1) is 13.2. The summed E-state index contributed by atoms with van der Waals surface area (Å²) >= 11 is 0. The Balaban J connectivity index is 1.79. The third-order valence-electron chi connectivity index (χ3n) is 4.75. The van der Waals surface area contributed by atoms with Gasteiger partial charge in [0.05, 0.1) is 19.8 Å². The molecule has 3 rings (SSSR count). The number of ketones is 1. The number of allylic oxidation sites excluding steroid dienone is 1. The number of rotatable bonds is 7. The van der Waals surface area contributed by atoms with E-state index >= 15 is 0 Å². The van der Waals surface area contributed by atoms with E-state index < -0.39 is 0 Å². The van der Waals surface area contributed by atoms with Crippen molar-refractivity contribution in [1.29, 1.82) is 0 Å². The maximum Gasteiger partial charge on any atom is 0.189 e. The number of hydrogen-bond acceptors (Lipinski definition) is 5. The Hall–Kier alpha value is -2.63. The topological polar surface area (TPSA) is 50.8 Å². The Morgan fingerprint density at radius 1 is 1.11 bits per heavy atom. The average Bonchev–Trinajstić information content (AvgIpc) is 2.73. The predicted octanol–water partition coefficient (Wildman–Crippen LogP) is 3.01. The zero-order valence-corrected chi connectivity index (χ0v) is 15.9. The van der Waals surface area contributed by atoms with Crippen LogP contribution >= 0.6 is 0 Å². The summed E-state index contributed by atoms with van der Waals surface area (Å²) in [5.74, 6) is 1.06. The number of benzene rings is 2. The van der Waals surface area contributed by atoms with Gasteiger partial charge in [0.2, 0.25) is 0 Å². The summed E-state index contributed by atoms with van der Waals surface area (Å²) in [6.07, 6.45) is 3.49. The van der Waals surface area contributed by atoms with Gasteiger partial charge in [0.1, 0.15) is 11.5 Å². The van der Waals surface area contributed by atoms with Crippen LogP contribution in [0.15, 0.2) is 48.5 Å². The summed E-state index contributed by atoms with van der Waals surface area (Å²) in [7, 11) is 3.14. The van der Waals surface area contributed by atoms with E-state index in [0.717, 1.165) is 38.3 Å². The normalized spacial score (nSPS) is 15.0. The zero-order chi connectivity index (χ0) is 19.1. The van der Waals surface area contributed by atoms with E-state index in [1.807, 2.05) is 24.3 Å². The molecule has 2 aromatic rings. The summed E-state index contributed by atoms with van der Waals surface area (Å²) in [5.41, 5.74) is 2.78. The van der Waals surface area contributed by atoms with Crippen molar-refractivity contribution in [2.24, 2.45) is 0 Å². The minimum Gasteiger partial charge on any atom is -0.497 e. The Labute approximate surface area is 160 Å². The molecule has 0 saturated carbocycles. The summed E-state index contributed by atoms with van der Waals surface area (Å²) in [6.45, 7) is 5.01. The average molecular weight is 366 g/mol. The molecule has 5 heteroatoms. The maximum atomic E-state index is 12.7. The molecule has 1 heterocycles. The van der Waals surface area contributed by atoms with Gasteiger partial charge in [-0.2, -0.15) is 0 Å². The third kappa shape index (κ3) is 4.96. The van der Waals surface area contributed by atoms with Crippen molar-refractivity contribution < 1.29 is 14.3 Å². The van der Waals surface area contributed by atoms with Crippen molar-refractivity contribution in [3.8, 4) is 11.5 Å². The van der Waals surface area contributed by atoms with Crippen molar-refractivity contribution in [3.05, 3.63) is 65.2 Å². The fourth-order valence-corrected chi connectivity index (χ4v) is 3.21. The highest BCUT2D eigenvalue weighted by atomic mass is 16.5. The van der Waals surface area contributed by atoms with Crippen molar-refractivity contribution >= 4 is 11.9 Å². The molecule has 5 nitrogen and oxygen atoms in total. The van der Waals surface area contributed by atoms with Gasteiger partial charge < -0.3 is 14.8 Å². The van der Waals surface area contributed by atoms with Crippen LogP contribution in [0.5, 0.6) is 11.5 Å². The summed E-state index contributed by atoms with van der Waals surface area (Å²) in [6, 6.07) is 13.4. The van der Waals surface area contributed by atoms with Gasteiger partial charge in [-0.1, -0.05) is 30.3 Å². The summed E-state index contributed by atoms with van der Waals surface area (Å²) in [5, 5.41) is 3.37. The quantitative estimate of drug-likeness (QED) is 0.603. The van der Waals surface area contributed by atoms with Crippen LogP contribution in [0, 0.1) is 0 Å². The van der Waals surface area contributed by atoms with Crippen molar-refractivity contribution in [1.82, 2.24) is 10.2 Å². The standard InChI is InChI=1S/C22H26N2O3/c1-26-19-8-10-22(27-2)20(15-19)21(25)9-7-17-5-3-4-6-18(17)16-24-13-11-23-12-14-24/h3-10,15,23H,11-14,16H2,1-2H3/b9-7+. The lowest BCUT2D eigenvalue weighted by Crippen LogP contribution is -2.42. The molecule has 0 radical (unpaired) electrons. The molecule has 2 aromatic carbocycles. The molecular formula is C22H26N2O3. The molecule has 0 aromatic heterocycles. The Kier molecular flexibility index (Phi) is 6.63. The van der Waals surface area contributed by atoms with Crippen LogP contribution in [0.4, 0.5) is 0 Å². The predicted molar refractivity (Wildman–Crippen MR) is 107 cm³/mol. The molecule has 0 atom stereocenters. The molecule has 0 bridgehead atoms. The van der Waals surface area contributed by atoms with Crippen LogP contribution in [-0.4, -0.2) is 51.1 Å². The molecule has 0 aliphatic carbocycles. The Morgan fingerprint density at radius 2 is 1.89 bits per heavy atom. The van der Waals surface area contributed by atoms with Gasteiger partial charge in [0.15, 0.2) is 5.78 Å². The molecule has 1 saturated heterocycles. The minimum atomic E-state index is -0.109. The number of nitrogens with one attached hydrogen (secondary N) is 1. The van der Waals surface area contributed by atoms with Crippen molar-refractivity contribution in [2.45, 2.75) is 6.54 Å². The number of ether oxygens (including phenoxy) is 2. The van der Waals surface area contributed by atoms with Crippen LogP contribution in [0.25, 0.3) is 6.08 Å². The fraction of sp³-hybridized carbons (Fsp3) is 0.318. The van der Waals surface area contributed by atoms with Crippen LogP contribution in [0.2, 0.25) is 0 Å². The SMILES string of the molecule is COc1ccc(OC)c(C(=O)/C=C/c2ccccc2CN2CCNCC2)c1. The first-order valence-electron chi connectivity index (χ1n) is 9.16. The largest absolute Gasteiger partial charge is 0.497 e. The number of carbonyl (C=O) groups is 1. The van der Waals surface area contributed by atoms with E-state index in [9.17, 15) is 4.79 Å². The second kappa shape index (κ2) is 9.35. The van der Waals surface area contributed by atoms with Crippen molar-refractivity contribution in [2.75, 3.05) is 40.4 Å². The molecule has 1 aliphatic rings. The van der Waals surface area contributed by atoms with E-state index in [-0.39, 0.29) is 5.78 Å². The lowest BCUT2D eigenvalue weighted by Gasteiger charge is -2.27. The molecule has 0 amide bonds. The van der Waals surface area contributed by atoms with Crippen LogP contribution in [-0.2, 0) is 6.54 Å². The lowest BCUT2D eigenvalue weighted by molar-refractivity contribution is 0.104. The summed E-state index contributed by atoms with van der Waals surface area (Å²) < 4.78 is 10.5. The van der Waals surface area contributed by atoms with E-state index in [4.69, 9.17) is 9.47 Å². The molecule has 27 heavy (non-hydrogen) atoms. The molecule has 1 N–H and O–H groups in total. The highest BCUT2D eigenvalue weighted by molar-refractivity contribution is 6.09. The van der Waals surface area contributed by atoms with Crippen LogP contribution < -0.4 is 14.8 Å². The maximum absolute atomic E-state index is 12.7. The number of nitrogens with zero attached hydrogens (tertiary/aromatic N) is 1. The van der Waals surface area contributed by atoms with Gasteiger partial charge in [-0.3, -0.25) is 9.69 Å². The van der Waals surface area contributed by atoms with Gasteiger partial charge in [-0.05, 0) is 35.4 Å². The Bertz CT molecular complexity index is 811. The fourth-order valence-electron chi connectivity index (χ4n) is 3.21. The third-order valence-corrected chi connectivity index (χ3v) is 4.75. The van der Waals surface area contributed by atoms with Crippen molar-refractivity contribution in [3.63, 3.8) is 0 Å². The van der Waals surface area contributed by atoms with Crippen LogP contribution in [0.1, 0.15) is 21.5 Å². The highest BCUT2D eigenvalue weighted by Gasteiger charge is 2.13. The highest BCUT2D eigenvalue weighted by Crippen LogP contribution is 2.25. The van der Waals surface area contributed by atoms with E-state index in [1.165, 1.54) is 5.56 Å². The van der Waals surface area contributed by atoms with E-state index in [1.54, 1.807) is 38.5 Å². The van der Waals surface area contributed by atoms with Gasteiger partial charge in [0, 0.05) is 32.7 Å². The zero-order valence-electron chi connectivity index (χ0n) is 15.9. The lowest BCUT2D eigenvalue weighted by atomic mass is 10.0. The summed E-state index contributed by atoms with van der Waals surface area (Å²) in [4.78, 5) is 15.2. The first-order valence-corrected chi connectivity index (χ1v) is 9.16. The number of methoxy groups -OCH3 is 2. The first kappa shape index (κ1) is 19.1. The smallest absolute Gasteiger partial charge is 0.189 e. The molecular weight excluding hydrogens is 340 g/mol. The molecule has 0 unspecified atom stereocenters. The second-order valence-electron chi connectivity index (χ2n) is 6.49. The van der Waals surface area contributed by atoms with Gasteiger partial charge in [-0.25, -0.2) is 0 Å². The molecule has 1 aliphatic heterocycles. The van der Waals surface area contributed by atoms with Gasteiger partial charge in [0.25, 0.3) is 0 Å². The van der Waals surface area contributed by atoms with Crippen LogP contribution in [0.3, 0.4) is 0 Å². The van der Waals surface area contributed by atoms with E-state index in [0.29, 0.717) is 17.1 Å². The number of hydrogen-bond donors (Lipinski definition) is 1. The van der Waals surface area contributed by atoms with Gasteiger partial charge >= 0.3 is 0 Å². The Morgan fingerprint density at radius 3 is 2.63 bits per heavy atom. The van der Waals surface area contributed by atoms with E-state index in [2.05, 4.69) is 16.3 Å². The molecule has 0 spiro atoms. The van der Waals surface area contributed by atoms with Gasteiger partial charge in [-0.15, -0.1) is 0 Å². The monoisotopic (exact) mass is 366 g/mol. The number of carbonyl (C=O) groups excluding carboxylic acids is 1. The molecule has 142 valence electrons.